The first-order valence-corrected chi connectivity index (χ1v) is 17.0. The molecule has 6 heterocycles. The monoisotopic (exact) mass is 673 g/mol. The van der Waals surface area contributed by atoms with Crippen LogP contribution in [0.4, 0.5) is 19.0 Å². The number of fused-ring (bicyclic) bond motifs is 3. The molecule has 49 heavy (non-hydrogen) atoms. The summed E-state index contributed by atoms with van der Waals surface area (Å²) in [6.45, 7) is 7.13. The highest BCUT2D eigenvalue weighted by Crippen LogP contribution is 2.43. The Labute approximate surface area is 282 Å². The number of aromatic hydroxyl groups is 1. The van der Waals surface area contributed by atoms with Crippen LogP contribution in [0.2, 0.25) is 0 Å². The van der Waals surface area contributed by atoms with Crippen molar-refractivity contribution < 1.29 is 32.5 Å². The van der Waals surface area contributed by atoms with E-state index in [4.69, 9.17) is 24.2 Å². The molecule has 256 valence electrons. The zero-order valence-corrected chi connectivity index (χ0v) is 27.6. The lowest BCUT2D eigenvalue weighted by atomic mass is 9.94. The van der Waals surface area contributed by atoms with Gasteiger partial charge in [0, 0.05) is 31.5 Å². The minimum Gasteiger partial charge on any atom is -0.508 e. The summed E-state index contributed by atoms with van der Waals surface area (Å²) in [5.41, 5.74) is -0.371. The Morgan fingerprint density at radius 3 is 2.73 bits per heavy atom. The molecule has 4 aliphatic rings. The Hall–Kier alpha value is -4.18. The molecule has 1 N–H and O–H groups in total. The summed E-state index contributed by atoms with van der Waals surface area (Å²) >= 11 is 0. The molecule has 0 aliphatic carbocycles. The fraction of sp³-hybridized carbons (Fsp3) is 0.486. The van der Waals surface area contributed by atoms with E-state index < -0.39 is 28.9 Å². The van der Waals surface area contributed by atoms with E-state index in [1.54, 1.807) is 13.0 Å². The minimum absolute atomic E-state index is 0.0488. The van der Waals surface area contributed by atoms with Gasteiger partial charge in [0.05, 0.1) is 37.3 Å². The maximum absolute atomic E-state index is 17.3. The van der Waals surface area contributed by atoms with Crippen LogP contribution in [0.15, 0.2) is 24.3 Å². The van der Waals surface area contributed by atoms with Gasteiger partial charge in [0.15, 0.2) is 5.82 Å². The van der Waals surface area contributed by atoms with Crippen molar-refractivity contribution in [3.8, 4) is 34.9 Å². The topological polar surface area (TPSA) is 93.1 Å². The average molecular weight is 674 g/mol. The first kappa shape index (κ1) is 32.0. The van der Waals surface area contributed by atoms with Crippen molar-refractivity contribution in [3.63, 3.8) is 0 Å². The summed E-state index contributed by atoms with van der Waals surface area (Å²) < 4.78 is 65.3. The summed E-state index contributed by atoms with van der Waals surface area (Å²) in [5.74, 6) is 4.99. The van der Waals surface area contributed by atoms with Crippen LogP contribution in [-0.2, 0) is 15.9 Å². The van der Waals surface area contributed by atoms with Gasteiger partial charge in [0.1, 0.15) is 52.7 Å². The molecule has 0 bridgehead atoms. The number of ether oxygens (including phenoxy) is 3. The van der Waals surface area contributed by atoms with Crippen LogP contribution in [-0.4, -0.2) is 94.9 Å². The predicted molar refractivity (Wildman–Crippen MR) is 179 cm³/mol. The fourth-order valence-electron chi connectivity index (χ4n) is 8.21. The van der Waals surface area contributed by atoms with E-state index in [-0.39, 0.29) is 40.8 Å². The first-order valence-electron chi connectivity index (χ1n) is 17.0. The molecular formula is C37H38F3N5O4. The third-order valence-corrected chi connectivity index (χ3v) is 10.6. The van der Waals surface area contributed by atoms with Crippen LogP contribution in [0.5, 0.6) is 11.8 Å². The molecule has 4 aliphatic heterocycles. The molecule has 12 heteroatoms. The molecule has 0 radical (unpaired) electrons. The number of halogens is 3. The summed E-state index contributed by atoms with van der Waals surface area (Å²) in [5, 5.41) is 12.0. The Morgan fingerprint density at radius 1 is 1.10 bits per heavy atom. The second kappa shape index (κ2) is 12.3. The molecule has 3 atom stereocenters. The average Bonchev–Trinajstić information content (AvgIpc) is 3.49. The highest BCUT2D eigenvalue weighted by atomic mass is 19.1. The number of aryl methyl sites for hydroxylation is 1. The van der Waals surface area contributed by atoms with Crippen molar-refractivity contribution >= 4 is 27.5 Å². The van der Waals surface area contributed by atoms with Gasteiger partial charge in [-0.15, -0.1) is 0 Å². The lowest BCUT2D eigenvalue weighted by molar-refractivity contribution is -0.167. The van der Waals surface area contributed by atoms with Crippen molar-refractivity contribution in [1.29, 1.82) is 0 Å². The fourth-order valence-corrected chi connectivity index (χ4v) is 8.21. The van der Waals surface area contributed by atoms with Crippen molar-refractivity contribution in [3.05, 3.63) is 47.2 Å². The predicted octanol–water partition coefficient (Wildman–Crippen LogP) is 5.71. The number of phenols is 1. The first-order chi connectivity index (χ1) is 23.7. The normalized spacial score (nSPS) is 25.3. The third-order valence-electron chi connectivity index (χ3n) is 10.6. The molecule has 4 saturated heterocycles. The number of alkyl halides is 1. The van der Waals surface area contributed by atoms with Crippen LogP contribution in [0.25, 0.3) is 32.9 Å². The Bertz CT molecular complexity index is 2030. The lowest BCUT2D eigenvalue weighted by Crippen LogP contribution is -2.54. The van der Waals surface area contributed by atoms with Gasteiger partial charge in [-0.2, -0.15) is 9.97 Å². The van der Waals surface area contributed by atoms with Crippen LogP contribution in [0.1, 0.15) is 50.8 Å². The minimum atomic E-state index is -0.941. The van der Waals surface area contributed by atoms with Gasteiger partial charge in [0.25, 0.3) is 0 Å². The van der Waals surface area contributed by atoms with Gasteiger partial charge < -0.3 is 24.2 Å². The third kappa shape index (κ3) is 5.43. The molecule has 4 fully saturated rings. The molecule has 4 aromatic rings. The summed E-state index contributed by atoms with van der Waals surface area (Å²) in [7, 11) is 0. The number of nitrogens with zero attached hydrogens (tertiary/aromatic N) is 5. The largest absolute Gasteiger partial charge is 0.508 e. The number of hydrogen-bond acceptors (Lipinski definition) is 9. The molecule has 8 rings (SSSR count). The Balaban J connectivity index is 1.34. The highest BCUT2D eigenvalue weighted by molar-refractivity contribution is 6.03. The van der Waals surface area contributed by atoms with Crippen molar-refractivity contribution in [2.24, 2.45) is 0 Å². The van der Waals surface area contributed by atoms with Crippen LogP contribution >= 0.6 is 0 Å². The van der Waals surface area contributed by atoms with Crippen LogP contribution in [0.3, 0.4) is 0 Å². The molecule has 9 nitrogen and oxygen atoms in total. The molecule has 0 saturated carbocycles. The number of phenolic OH excluding ortho intramolecular Hbond substituents is 1. The molecule has 1 spiro atoms. The van der Waals surface area contributed by atoms with Crippen molar-refractivity contribution in [2.45, 2.75) is 63.3 Å². The quantitative estimate of drug-likeness (QED) is 0.259. The molecular weight excluding hydrogens is 635 g/mol. The number of rotatable bonds is 6. The smallest absolute Gasteiger partial charge is 0.319 e. The molecule has 2 aromatic heterocycles. The van der Waals surface area contributed by atoms with Gasteiger partial charge in [-0.3, -0.25) is 4.90 Å². The summed E-state index contributed by atoms with van der Waals surface area (Å²) in [6, 6.07) is 5.77. The van der Waals surface area contributed by atoms with Crippen LogP contribution in [0, 0.1) is 23.5 Å². The number of anilines is 1. The molecule has 2 aromatic carbocycles. The van der Waals surface area contributed by atoms with E-state index >= 15 is 8.78 Å². The molecule has 1 unspecified atom stereocenters. The maximum atomic E-state index is 17.3. The Morgan fingerprint density at radius 2 is 1.96 bits per heavy atom. The van der Waals surface area contributed by atoms with Gasteiger partial charge in [0.2, 0.25) is 0 Å². The van der Waals surface area contributed by atoms with E-state index in [0.717, 1.165) is 25.8 Å². The van der Waals surface area contributed by atoms with Gasteiger partial charge in [-0.05, 0) is 73.2 Å². The van der Waals surface area contributed by atoms with Crippen molar-refractivity contribution in [1.82, 2.24) is 19.9 Å². The number of pyridine rings is 1. The summed E-state index contributed by atoms with van der Waals surface area (Å²) in [4.78, 5) is 18.4. The highest BCUT2D eigenvalue weighted by Gasteiger charge is 2.49. The van der Waals surface area contributed by atoms with Crippen molar-refractivity contribution in [2.75, 3.05) is 57.5 Å². The summed E-state index contributed by atoms with van der Waals surface area (Å²) in [6.07, 6.45) is 2.28. The lowest BCUT2D eigenvalue weighted by Gasteiger charge is -2.43. The SMILES string of the molecule is CC#Cc1nc(-c2cc(O)cc3ccc(F)c(CC)c23)c(F)c2nc(OC[C@@]34CCCN3C[C@H](F)C4)nc(N3CCOCC4(CCO4)C3)c12. The van der Waals surface area contributed by atoms with E-state index in [0.29, 0.717) is 79.8 Å². The van der Waals surface area contributed by atoms with E-state index in [1.807, 2.05) is 11.8 Å². The number of hydrogen-bond donors (Lipinski definition) is 1. The maximum Gasteiger partial charge on any atom is 0.319 e. The Kier molecular flexibility index (Phi) is 8.05. The van der Waals surface area contributed by atoms with Gasteiger partial charge in [-0.1, -0.05) is 18.9 Å². The van der Waals surface area contributed by atoms with E-state index in [9.17, 15) is 9.50 Å². The van der Waals surface area contributed by atoms with E-state index in [2.05, 4.69) is 21.7 Å². The van der Waals surface area contributed by atoms with Gasteiger partial charge >= 0.3 is 6.01 Å². The van der Waals surface area contributed by atoms with E-state index in [1.165, 1.54) is 18.2 Å². The van der Waals surface area contributed by atoms with Crippen LogP contribution < -0.4 is 9.64 Å². The second-order valence-corrected chi connectivity index (χ2v) is 13.6. The number of benzene rings is 2. The second-order valence-electron chi connectivity index (χ2n) is 13.6. The standard InChI is InChI=1S/C37H38F3N5O4/c1-3-6-28-30-33(31(40)32(41-28)26-16-24(46)15-22-7-8-27(39)25(4-2)29(22)26)42-35(48-20-36-9-5-11-45(36)18-23(38)17-36)43-34(30)44-12-14-47-21-37(19-44)10-13-49-37/h7-8,15-16,23,46H,4-5,9-14,17-21H2,1-2H3/t23-,36+,37?/m1/s1. The zero-order chi connectivity index (χ0) is 33.9. The number of aromatic nitrogens is 3. The zero-order valence-electron chi connectivity index (χ0n) is 27.6. The molecule has 0 amide bonds. The van der Waals surface area contributed by atoms with Gasteiger partial charge in [-0.25, -0.2) is 18.2 Å².